The lowest BCUT2D eigenvalue weighted by molar-refractivity contribution is 0.247. The van der Waals surface area contributed by atoms with E-state index in [1.54, 1.807) is 27.6 Å². The maximum Gasteiger partial charge on any atom is 0.320 e. The maximum absolute atomic E-state index is 13.1. The molecule has 168 valence electrons. The molecule has 0 aliphatic heterocycles. The molecule has 4 aromatic rings. The van der Waals surface area contributed by atoms with E-state index in [9.17, 15) is 9.59 Å². The molecular formula is C26H27N5O2. The summed E-state index contributed by atoms with van der Waals surface area (Å²) < 4.78 is 3.32. The van der Waals surface area contributed by atoms with E-state index >= 15 is 0 Å². The van der Waals surface area contributed by atoms with Crippen LogP contribution in [-0.2, 0) is 6.54 Å². The predicted octanol–water partition coefficient (Wildman–Crippen LogP) is 4.72. The van der Waals surface area contributed by atoms with Gasteiger partial charge in [0.15, 0.2) is 0 Å². The van der Waals surface area contributed by atoms with E-state index in [-0.39, 0.29) is 17.5 Å². The molecule has 33 heavy (non-hydrogen) atoms. The Balaban J connectivity index is 1.59. The number of benzene rings is 2. The summed E-state index contributed by atoms with van der Waals surface area (Å²) in [6.45, 7) is 4.43. The third-order valence-electron chi connectivity index (χ3n) is 5.35. The van der Waals surface area contributed by atoms with Crippen molar-refractivity contribution in [3.63, 3.8) is 0 Å². The number of anilines is 1. The molecule has 0 aliphatic carbocycles. The second-order valence-corrected chi connectivity index (χ2v) is 8.11. The smallest absolute Gasteiger partial charge is 0.320 e. The van der Waals surface area contributed by atoms with Gasteiger partial charge in [0.25, 0.3) is 5.56 Å². The van der Waals surface area contributed by atoms with E-state index in [0.29, 0.717) is 12.4 Å². The van der Waals surface area contributed by atoms with Crippen molar-refractivity contribution in [3.8, 4) is 5.69 Å². The summed E-state index contributed by atoms with van der Waals surface area (Å²) >= 11 is 0. The van der Waals surface area contributed by atoms with Crippen LogP contribution in [-0.4, -0.2) is 20.4 Å². The Morgan fingerprint density at radius 3 is 2.27 bits per heavy atom. The lowest BCUT2D eigenvalue weighted by atomic mass is 10.1. The van der Waals surface area contributed by atoms with Gasteiger partial charge in [0, 0.05) is 18.3 Å². The Hall–Kier alpha value is -4.13. The van der Waals surface area contributed by atoms with E-state index in [1.165, 1.54) is 6.07 Å². The lowest BCUT2D eigenvalue weighted by Gasteiger charge is -2.21. The number of nitrogens with zero attached hydrogens (tertiary/aromatic N) is 3. The first-order valence-electron chi connectivity index (χ1n) is 10.9. The second-order valence-electron chi connectivity index (χ2n) is 8.11. The number of pyridine rings is 1. The number of nitrogens with one attached hydrogen (secondary N) is 2. The highest BCUT2D eigenvalue weighted by molar-refractivity contribution is 5.89. The molecule has 4 rings (SSSR count). The Kier molecular flexibility index (Phi) is 6.69. The monoisotopic (exact) mass is 441 g/mol. The number of hydrogen-bond acceptors (Lipinski definition) is 3. The highest BCUT2D eigenvalue weighted by Crippen LogP contribution is 2.22. The van der Waals surface area contributed by atoms with Crippen LogP contribution < -0.4 is 16.2 Å². The maximum atomic E-state index is 13.1. The van der Waals surface area contributed by atoms with E-state index < -0.39 is 6.04 Å². The fourth-order valence-corrected chi connectivity index (χ4v) is 3.58. The molecule has 2 amide bonds. The predicted molar refractivity (Wildman–Crippen MR) is 130 cm³/mol. The van der Waals surface area contributed by atoms with Crippen LogP contribution in [0.2, 0.25) is 0 Å². The summed E-state index contributed by atoms with van der Waals surface area (Å²) in [5.74, 6) is 0.784. The van der Waals surface area contributed by atoms with Gasteiger partial charge < -0.3 is 9.88 Å². The van der Waals surface area contributed by atoms with Gasteiger partial charge in [-0.1, -0.05) is 68.4 Å². The number of amides is 2. The summed E-state index contributed by atoms with van der Waals surface area (Å²) in [6, 6.07) is 25.4. The topological polar surface area (TPSA) is 81.0 Å². The molecule has 0 radical (unpaired) electrons. The largest absolute Gasteiger partial charge is 0.329 e. The molecule has 2 N–H and O–H groups in total. The van der Waals surface area contributed by atoms with Crippen molar-refractivity contribution < 1.29 is 4.79 Å². The fraction of sp³-hybridized carbons (Fsp3) is 0.192. The number of rotatable bonds is 7. The molecule has 7 heteroatoms. The van der Waals surface area contributed by atoms with Crippen molar-refractivity contribution in [2.24, 2.45) is 0 Å². The Morgan fingerprint density at radius 1 is 0.939 bits per heavy atom. The third kappa shape index (κ3) is 5.38. The van der Waals surface area contributed by atoms with Gasteiger partial charge in [0.1, 0.15) is 5.82 Å². The molecule has 0 bridgehead atoms. The number of carbonyl (C=O) groups excluding carboxylic acids is 1. The van der Waals surface area contributed by atoms with Crippen LogP contribution >= 0.6 is 0 Å². The average molecular weight is 442 g/mol. The van der Waals surface area contributed by atoms with Crippen LogP contribution in [0.15, 0.2) is 95.9 Å². The van der Waals surface area contributed by atoms with Crippen LogP contribution in [0.3, 0.4) is 0 Å². The zero-order valence-corrected chi connectivity index (χ0v) is 18.7. The zero-order valence-electron chi connectivity index (χ0n) is 18.7. The SMILES string of the molecule is CC(C)c1cc(NC(=O)NC(Cn2ccccc2=O)c2ccccc2)n(-c2ccccc2)n1. The molecule has 0 fully saturated rings. The van der Waals surface area contributed by atoms with Gasteiger partial charge in [-0.05, 0) is 29.7 Å². The van der Waals surface area contributed by atoms with Gasteiger partial charge in [0.05, 0.1) is 24.0 Å². The molecule has 2 aromatic heterocycles. The molecule has 0 spiro atoms. The van der Waals surface area contributed by atoms with Gasteiger partial charge in [-0.2, -0.15) is 5.10 Å². The standard InChI is InChI=1S/C26H27N5O2/c1-19(2)22-17-24(31(29-22)21-13-7-4-8-14-21)28-26(33)27-23(20-11-5-3-6-12-20)18-30-16-10-9-15-25(30)32/h3-17,19,23H,18H2,1-2H3,(H2,27,28,33). The average Bonchev–Trinajstić information content (AvgIpc) is 3.25. The first kappa shape index (κ1) is 22.1. The van der Waals surface area contributed by atoms with Crippen LogP contribution in [0.4, 0.5) is 10.6 Å². The van der Waals surface area contributed by atoms with E-state index in [0.717, 1.165) is 16.9 Å². The van der Waals surface area contributed by atoms with Crippen molar-refractivity contribution in [2.45, 2.75) is 32.4 Å². The van der Waals surface area contributed by atoms with Gasteiger partial charge in [-0.25, -0.2) is 9.48 Å². The highest BCUT2D eigenvalue weighted by Gasteiger charge is 2.19. The lowest BCUT2D eigenvalue weighted by Crippen LogP contribution is -2.37. The molecular weight excluding hydrogens is 414 g/mol. The zero-order chi connectivity index (χ0) is 23.2. The molecule has 0 saturated carbocycles. The number of hydrogen-bond donors (Lipinski definition) is 2. The van der Waals surface area contributed by atoms with Gasteiger partial charge >= 0.3 is 6.03 Å². The normalized spacial score (nSPS) is 11.8. The molecule has 0 aliphatic rings. The third-order valence-corrected chi connectivity index (χ3v) is 5.35. The summed E-state index contributed by atoms with van der Waals surface area (Å²) in [4.78, 5) is 25.3. The van der Waals surface area contributed by atoms with Crippen LogP contribution in [0.25, 0.3) is 5.69 Å². The van der Waals surface area contributed by atoms with Crippen molar-refractivity contribution in [2.75, 3.05) is 5.32 Å². The fourth-order valence-electron chi connectivity index (χ4n) is 3.58. The van der Waals surface area contributed by atoms with Crippen molar-refractivity contribution >= 4 is 11.8 Å². The second kappa shape index (κ2) is 9.99. The van der Waals surface area contributed by atoms with Gasteiger partial charge in [-0.15, -0.1) is 0 Å². The molecule has 2 aromatic carbocycles. The Bertz CT molecular complexity index is 1260. The van der Waals surface area contributed by atoms with Gasteiger partial charge in [-0.3, -0.25) is 10.1 Å². The number of urea groups is 1. The first-order valence-corrected chi connectivity index (χ1v) is 10.9. The first-order chi connectivity index (χ1) is 16.0. The number of carbonyl (C=O) groups is 1. The van der Waals surface area contributed by atoms with Crippen molar-refractivity contribution in [3.05, 3.63) is 113 Å². The van der Waals surface area contributed by atoms with Gasteiger partial charge in [0.2, 0.25) is 0 Å². The van der Waals surface area contributed by atoms with Crippen LogP contribution in [0.1, 0.15) is 37.1 Å². The van der Waals surface area contributed by atoms with E-state index in [4.69, 9.17) is 0 Å². The summed E-state index contributed by atoms with van der Waals surface area (Å²) in [5.41, 5.74) is 2.52. The molecule has 7 nitrogen and oxygen atoms in total. The quantitative estimate of drug-likeness (QED) is 0.435. The number of aromatic nitrogens is 3. The minimum absolute atomic E-state index is 0.121. The summed E-state index contributed by atoms with van der Waals surface area (Å²) in [6.07, 6.45) is 1.72. The minimum Gasteiger partial charge on any atom is -0.329 e. The van der Waals surface area contributed by atoms with Crippen molar-refractivity contribution in [1.82, 2.24) is 19.7 Å². The Labute approximate surface area is 192 Å². The minimum atomic E-state index is -0.399. The van der Waals surface area contributed by atoms with Crippen LogP contribution in [0.5, 0.6) is 0 Å². The van der Waals surface area contributed by atoms with Crippen LogP contribution in [0, 0.1) is 0 Å². The van der Waals surface area contributed by atoms with Crippen molar-refractivity contribution in [1.29, 1.82) is 0 Å². The highest BCUT2D eigenvalue weighted by atomic mass is 16.2. The molecule has 1 unspecified atom stereocenters. The molecule has 2 heterocycles. The summed E-state index contributed by atoms with van der Waals surface area (Å²) in [5, 5.41) is 10.7. The summed E-state index contributed by atoms with van der Waals surface area (Å²) in [7, 11) is 0. The number of para-hydroxylation sites is 1. The molecule has 1 atom stereocenters. The van der Waals surface area contributed by atoms with E-state index in [2.05, 4.69) is 29.6 Å². The van der Waals surface area contributed by atoms with E-state index in [1.807, 2.05) is 66.7 Å². The molecule has 0 saturated heterocycles. The Morgan fingerprint density at radius 2 is 1.61 bits per heavy atom.